The maximum absolute atomic E-state index is 12.9. The van der Waals surface area contributed by atoms with Crippen molar-refractivity contribution in [2.24, 2.45) is 0 Å². The van der Waals surface area contributed by atoms with Crippen LogP contribution in [-0.2, 0) is 11.3 Å². The number of aromatic nitrogens is 3. The van der Waals surface area contributed by atoms with Crippen LogP contribution in [0.4, 0.5) is 4.39 Å². The predicted octanol–water partition coefficient (Wildman–Crippen LogP) is 3.19. The van der Waals surface area contributed by atoms with Crippen LogP contribution in [0.25, 0.3) is 11.2 Å². The molecule has 2 heterocycles. The predicted molar refractivity (Wildman–Crippen MR) is 90.9 cm³/mol. The summed E-state index contributed by atoms with van der Waals surface area (Å²) in [5.41, 5.74) is 2.04. The summed E-state index contributed by atoms with van der Waals surface area (Å²) in [7, 11) is 1.64. The zero-order chi connectivity index (χ0) is 16.9. The summed E-state index contributed by atoms with van der Waals surface area (Å²) >= 11 is 1.34. The summed E-state index contributed by atoms with van der Waals surface area (Å²) in [5.74, 6) is -0.202. The van der Waals surface area contributed by atoms with Crippen molar-refractivity contribution in [3.8, 4) is 0 Å². The first-order valence-corrected chi connectivity index (χ1v) is 8.39. The molecule has 7 heteroatoms. The third-order valence-electron chi connectivity index (χ3n) is 3.49. The molecule has 0 radical (unpaired) electrons. The molecule has 0 unspecified atom stereocenters. The van der Waals surface area contributed by atoms with E-state index in [2.05, 4.69) is 9.97 Å². The number of carbonyl (C=O) groups is 1. The number of halogens is 1. The molecule has 0 bridgehead atoms. The lowest BCUT2D eigenvalue weighted by Crippen LogP contribution is -2.08. The Bertz CT molecular complexity index is 849. The van der Waals surface area contributed by atoms with Gasteiger partial charge in [0, 0.05) is 18.9 Å². The second-order valence-electron chi connectivity index (χ2n) is 5.10. The van der Waals surface area contributed by atoms with Crippen LogP contribution in [0.3, 0.4) is 0 Å². The van der Waals surface area contributed by atoms with Crippen molar-refractivity contribution in [1.82, 2.24) is 14.5 Å². The van der Waals surface area contributed by atoms with Crippen molar-refractivity contribution >= 4 is 28.7 Å². The first kappa shape index (κ1) is 16.6. The van der Waals surface area contributed by atoms with Gasteiger partial charge in [-0.2, -0.15) is 0 Å². The number of hydrogen-bond acceptors (Lipinski definition) is 5. The Morgan fingerprint density at radius 2 is 2.08 bits per heavy atom. The van der Waals surface area contributed by atoms with E-state index in [0.717, 1.165) is 16.3 Å². The smallest absolute Gasteiger partial charge is 0.173 e. The Kier molecular flexibility index (Phi) is 5.22. The minimum absolute atomic E-state index is 0.0710. The lowest BCUT2D eigenvalue weighted by atomic mass is 10.1. The van der Waals surface area contributed by atoms with Crippen LogP contribution in [0, 0.1) is 5.82 Å². The fraction of sp³-hybridized carbons (Fsp3) is 0.235. The van der Waals surface area contributed by atoms with E-state index in [1.807, 2.05) is 16.7 Å². The molecule has 0 amide bonds. The van der Waals surface area contributed by atoms with Gasteiger partial charge in [0.25, 0.3) is 0 Å². The summed E-state index contributed by atoms with van der Waals surface area (Å²) in [4.78, 5) is 21.1. The van der Waals surface area contributed by atoms with Crippen molar-refractivity contribution < 1.29 is 13.9 Å². The number of benzene rings is 1. The lowest BCUT2D eigenvalue weighted by molar-refractivity contribution is 0.102. The summed E-state index contributed by atoms with van der Waals surface area (Å²) in [6, 6.07) is 9.28. The molecule has 0 aliphatic carbocycles. The third-order valence-corrected chi connectivity index (χ3v) is 4.46. The van der Waals surface area contributed by atoms with Crippen LogP contribution >= 0.6 is 11.8 Å². The van der Waals surface area contributed by atoms with Crippen molar-refractivity contribution in [1.29, 1.82) is 0 Å². The molecule has 24 heavy (non-hydrogen) atoms. The minimum Gasteiger partial charge on any atom is -0.383 e. The van der Waals surface area contributed by atoms with Crippen LogP contribution in [0.1, 0.15) is 10.4 Å². The summed E-state index contributed by atoms with van der Waals surface area (Å²) < 4.78 is 20.0. The maximum atomic E-state index is 12.9. The molecule has 0 spiro atoms. The van der Waals surface area contributed by atoms with Gasteiger partial charge in [-0.3, -0.25) is 4.79 Å². The average Bonchev–Trinajstić information content (AvgIpc) is 2.96. The molecule has 3 aromatic rings. The van der Waals surface area contributed by atoms with Crippen molar-refractivity contribution in [2.45, 2.75) is 11.7 Å². The standard InChI is InChI=1S/C17H16FN3O2S/c1-23-10-9-21-16-14(3-2-8-19-16)20-17(21)24-11-15(22)12-4-6-13(18)7-5-12/h2-8H,9-11H2,1H3. The van der Waals surface area contributed by atoms with E-state index in [1.165, 1.54) is 36.0 Å². The van der Waals surface area contributed by atoms with Gasteiger partial charge in [-0.25, -0.2) is 14.4 Å². The van der Waals surface area contributed by atoms with Crippen molar-refractivity contribution in [2.75, 3.05) is 19.5 Å². The van der Waals surface area contributed by atoms with E-state index in [0.29, 0.717) is 18.7 Å². The van der Waals surface area contributed by atoms with Crippen molar-refractivity contribution in [3.63, 3.8) is 0 Å². The second-order valence-corrected chi connectivity index (χ2v) is 6.05. The van der Waals surface area contributed by atoms with E-state index in [9.17, 15) is 9.18 Å². The van der Waals surface area contributed by atoms with E-state index in [4.69, 9.17) is 4.74 Å². The molecule has 0 N–H and O–H groups in total. The first-order valence-electron chi connectivity index (χ1n) is 7.41. The number of methoxy groups -OCH3 is 1. The van der Waals surface area contributed by atoms with Crippen LogP contribution in [-0.4, -0.2) is 39.8 Å². The summed E-state index contributed by atoms with van der Waals surface area (Å²) in [6.07, 6.45) is 1.71. The molecular weight excluding hydrogens is 329 g/mol. The fourth-order valence-corrected chi connectivity index (χ4v) is 3.20. The van der Waals surface area contributed by atoms with Crippen LogP contribution in [0.5, 0.6) is 0 Å². The van der Waals surface area contributed by atoms with Gasteiger partial charge in [0.15, 0.2) is 16.6 Å². The Morgan fingerprint density at radius 1 is 1.29 bits per heavy atom. The maximum Gasteiger partial charge on any atom is 0.173 e. The molecule has 0 atom stereocenters. The van der Waals surface area contributed by atoms with Gasteiger partial charge in [0.1, 0.15) is 11.3 Å². The number of fused-ring (bicyclic) bond motifs is 1. The van der Waals surface area contributed by atoms with Gasteiger partial charge in [-0.05, 0) is 36.4 Å². The number of nitrogens with zero attached hydrogens (tertiary/aromatic N) is 3. The summed E-state index contributed by atoms with van der Waals surface area (Å²) in [6.45, 7) is 1.14. The average molecular weight is 345 g/mol. The molecule has 0 aliphatic heterocycles. The second kappa shape index (κ2) is 7.55. The molecule has 0 saturated heterocycles. The number of carbonyl (C=O) groups excluding carboxylic acids is 1. The van der Waals surface area contributed by atoms with E-state index in [-0.39, 0.29) is 17.4 Å². The fourth-order valence-electron chi connectivity index (χ4n) is 2.28. The molecule has 5 nitrogen and oxygen atoms in total. The highest BCUT2D eigenvalue weighted by Gasteiger charge is 2.14. The van der Waals surface area contributed by atoms with Gasteiger partial charge in [-0.1, -0.05) is 11.8 Å². The van der Waals surface area contributed by atoms with Gasteiger partial charge < -0.3 is 9.30 Å². The van der Waals surface area contributed by atoms with Crippen LogP contribution < -0.4 is 0 Å². The number of pyridine rings is 1. The van der Waals surface area contributed by atoms with E-state index >= 15 is 0 Å². The topological polar surface area (TPSA) is 57.0 Å². The number of Topliss-reactive ketones (excluding diaryl/α,β-unsaturated/α-hetero) is 1. The Labute approximate surface area is 142 Å². The number of ketones is 1. The Balaban J connectivity index is 1.78. The number of imidazole rings is 1. The zero-order valence-electron chi connectivity index (χ0n) is 13.1. The Hall–Kier alpha value is -2.25. The monoisotopic (exact) mass is 345 g/mol. The molecule has 124 valence electrons. The van der Waals surface area contributed by atoms with Gasteiger partial charge in [0.2, 0.25) is 0 Å². The van der Waals surface area contributed by atoms with E-state index < -0.39 is 0 Å². The quantitative estimate of drug-likeness (QED) is 0.486. The highest BCUT2D eigenvalue weighted by Crippen LogP contribution is 2.23. The number of rotatable bonds is 7. The number of ether oxygens (including phenoxy) is 1. The zero-order valence-corrected chi connectivity index (χ0v) is 13.9. The minimum atomic E-state index is -0.355. The third kappa shape index (κ3) is 3.63. The van der Waals surface area contributed by atoms with Crippen LogP contribution in [0.2, 0.25) is 0 Å². The highest BCUT2D eigenvalue weighted by molar-refractivity contribution is 7.99. The van der Waals surface area contributed by atoms with Gasteiger partial charge in [0.05, 0.1) is 18.9 Å². The van der Waals surface area contributed by atoms with E-state index in [1.54, 1.807) is 13.3 Å². The molecule has 3 rings (SSSR count). The molecule has 0 fully saturated rings. The Morgan fingerprint density at radius 3 is 2.83 bits per heavy atom. The van der Waals surface area contributed by atoms with Gasteiger partial charge in [-0.15, -0.1) is 0 Å². The molecule has 1 aromatic carbocycles. The first-order chi connectivity index (χ1) is 11.7. The number of hydrogen-bond donors (Lipinski definition) is 0. The highest BCUT2D eigenvalue weighted by atomic mass is 32.2. The molecular formula is C17H16FN3O2S. The molecule has 0 saturated carbocycles. The lowest BCUT2D eigenvalue weighted by Gasteiger charge is -2.07. The number of thioether (sulfide) groups is 1. The van der Waals surface area contributed by atoms with Gasteiger partial charge >= 0.3 is 0 Å². The van der Waals surface area contributed by atoms with Crippen LogP contribution in [0.15, 0.2) is 47.8 Å². The summed E-state index contributed by atoms with van der Waals surface area (Å²) in [5, 5.41) is 0.719. The molecule has 0 aliphatic rings. The normalized spacial score (nSPS) is 11.1. The van der Waals surface area contributed by atoms with Crippen molar-refractivity contribution in [3.05, 3.63) is 54.0 Å². The SMILES string of the molecule is COCCn1c(SCC(=O)c2ccc(F)cc2)nc2cccnc21. The largest absolute Gasteiger partial charge is 0.383 e. The molecule has 2 aromatic heterocycles.